The van der Waals surface area contributed by atoms with E-state index in [-0.39, 0.29) is 12.1 Å². The van der Waals surface area contributed by atoms with Gasteiger partial charge >= 0.3 is 0 Å². The fraction of sp³-hybridized carbons (Fsp3) is 0.512. The molecule has 3 atom stereocenters. The molecule has 1 aliphatic heterocycles. The largest absolute Gasteiger partial charge is 0.380 e. The van der Waals surface area contributed by atoms with Crippen LogP contribution in [0.5, 0.6) is 0 Å². The van der Waals surface area contributed by atoms with Gasteiger partial charge in [-0.25, -0.2) is 0 Å². The molecular formula is C41H62N4S2. The van der Waals surface area contributed by atoms with Gasteiger partial charge in [0.1, 0.15) is 0 Å². The lowest BCUT2D eigenvalue weighted by molar-refractivity contribution is 0.243. The van der Waals surface area contributed by atoms with Crippen molar-refractivity contribution in [1.29, 1.82) is 0 Å². The molecule has 0 amide bonds. The van der Waals surface area contributed by atoms with Crippen LogP contribution >= 0.6 is 21.3 Å². The molecule has 2 N–H and O–H groups in total. The van der Waals surface area contributed by atoms with E-state index in [1.165, 1.54) is 64.0 Å². The van der Waals surface area contributed by atoms with Crippen LogP contribution in [0.2, 0.25) is 0 Å². The fourth-order valence-electron chi connectivity index (χ4n) is 7.81. The number of likely N-dealkylation sites (N-methyl/N-ethyl adjacent to an activating group) is 1. The Morgan fingerprint density at radius 1 is 1.02 bits per heavy atom. The van der Waals surface area contributed by atoms with Crippen molar-refractivity contribution >= 4 is 33.1 Å². The van der Waals surface area contributed by atoms with Gasteiger partial charge in [-0.05, 0) is 125 Å². The highest BCUT2D eigenvalue weighted by Crippen LogP contribution is 2.37. The van der Waals surface area contributed by atoms with Crippen LogP contribution in [-0.4, -0.2) is 58.2 Å². The summed E-state index contributed by atoms with van der Waals surface area (Å²) in [5, 5.41) is 3.91. The van der Waals surface area contributed by atoms with Gasteiger partial charge in [-0.1, -0.05) is 87.3 Å². The Bertz CT molecular complexity index is 1490. The number of aryl methyl sites for hydroxylation is 2. The van der Waals surface area contributed by atoms with Gasteiger partial charge in [-0.15, -0.1) is 0 Å². The summed E-state index contributed by atoms with van der Waals surface area (Å²) in [6.07, 6.45) is 10.0. The smallest absolute Gasteiger partial charge is 0.0681 e. The highest BCUT2D eigenvalue weighted by atomic mass is 32.2. The molecular weight excluding hydrogens is 613 g/mol. The van der Waals surface area contributed by atoms with E-state index >= 15 is 0 Å². The summed E-state index contributed by atoms with van der Waals surface area (Å²) in [6.45, 7) is 28.7. The molecule has 0 radical (unpaired) electrons. The summed E-state index contributed by atoms with van der Waals surface area (Å²) in [4.78, 5) is 3.85. The van der Waals surface area contributed by atoms with E-state index in [2.05, 4.69) is 129 Å². The van der Waals surface area contributed by atoms with Crippen molar-refractivity contribution in [3.63, 3.8) is 0 Å². The normalized spacial score (nSPS) is 22.3. The number of likely N-dealkylation sites (tertiary alicyclic amines) is 1. The first-order valence-electron chi connectivity index (χ1n) is 17.7. The van der Waals surface area contributed by atoms with E-state index in [0.29, 0.717) is 18.0 Å². The lowest BCUT2D eigenvalue weighted by atomic mass is 9.79. The highest BCUT2D eigenvalue weighted by Gasteiger charge is 2.36. The predicted molar refractivity (Wildman–Crippen MR) is 214 cm³/mol. The van der Waals surface area contributed by atoms with Crippen molar-refractivity contribution in [2.24, 2.45) is 5.92 Å². The SMILES string of the molecule is C=CN1C(CN(CC)S(=C)(=C)Cc2ccccc2)CCC1C(=C)NC(C(=C)C)C1CCC(NSc2c(C)cc(CC)c(C)c2C)CC1. The average Bonchev–Trinajstić information content (AvgIpc) is 3.47. The van der Waals surface area contributed by atoms with Crippen LogP contribution in [-0.2, 0) is 12.2 Å². The van der Waals surface area contributed by atoms with Gasteiger partial charge in [-0.3, -0.25) is 9.03 Å². The summed E-state index contributed by atoms with van der Waals surface area (Å²) in [7, 11) is -1.45. The minimum absolute atomic E-state index is 0.231. The summed E-state index contributed by atoms with van der Waals surface area (Å²) in [6, 6.07) is 14.4. The van der Waals surface area contributed by atoms with Crippen molar-refractivity contribution in [2.45, 2.75) is 121 Å². The fourth-order valence-corrected chi connectivity index (χ4v) is 10.9. The second kappa shape index (κ2) is 16.8. The van der Waals surface area contributed by atoms with Crippen LogP contribution in [0.4, 0.5) is 0 Å². The molecule has 2 aromatic rings. The van der Waals surface area contributed by atoms with E-state index in [4.69, 9.17) is 0 Å². The van der Waals surface area contributed by atoms with Crippen LogP contribution in [0.1, 0.15) is 87.1 Å². The highest BCUT2D eigenvalue weighted by molar-refractivity contribution is 8.25. The van der Waals surface area contributed by atoms with Gasteiger partial charge in [0, 0.05) is 47.6 Å². The molecule has 2 aliphatic rings. The first-order valence-corrected chi connectivity index (χ1v) is 20.6. The molecule has 0 spiro atoms. The molecule has 0 bridgehead atoms. The Morgan fingerprint density at radius 3 is 2.30 bits per heavy atom. The lowest BCUT2D eigenvalue weighted by Gasteiger charge is -2.39. The van der Waals surface area contributed by atoms with Crippen LogP contribution in [0.25, 0.3) is 0 Å². The summed E-state index contributed by atoms with van der Waals surface area (Å²) >= 11 is 1.85. The minimum Gasteiger partial charge on any atom is -0.380 e. The zero-order valence-electron chi connectivity index (χ0n) is 30.2. The van der Waals surface area contributed by atoms with Gasteiger partial charge in [0.25, 0.3) is 0 Å². The molecule has 258 valence electrons. The number of rotatable bonds is 16. The third-order valence-corrected chi connectivity index (χ3v) is 14.4. The Morgan fingerprint density at radius 2 is 1.70 bits per heavy atom. The maximum Gasteiger partial charge on any atom is 0.0681 e. The standard InChI is InChI=1S/C41H62N4S2/c1-12-35-26-30(6)41(32(8)31(35)7)46-43-37-22-20-36(21-23-37)40(29(4)5)42-33(9)39-25-24-38(45(39)14-3)27-44(13-2)47(10,11)28-34-18-16-15-17-19-34/h14-19,26,36-40,42-43H,3-4,9-13,20-25,27-28H2,1-2,5-8H3. The summed E-state index contributed by atoms with van der Waals surface area (Å²) in [5.41, 5.74) is 9.33. The zero-order valence-corrected chi connectivity index (χ0v) is 31.9. The molecule has 47 heavy (non-hydrogen) atoms. The summed E-state index contributed by atoms with van der Waals surface area (Å²) in [5.74, 6) is 10.8. The molecule has 1 aliphatic carbocycles. The first kappa shape index (κ1) is 37.4. The molecule has 1 saturated carbocycles. The monoisotopic (exact) mass is 674 g/mol. The molecule has 6 heteroatoms. The first-order chi connectivity index (χ1) is 22.4. The Hall–Kier alpha value is -2.38. The van der Waals surface area contributed by atoms with E-state index in [1.54, 1.807) is 0 Å². The average molecular weight is 675 g/mol. The number of hydrogen-bond donors (Lipinski definition) is 2. The Kier molecular flexibility index (Phi) is 13.4. The molecule has 2 fully saturated rings. The van der Waals surface area contributed by atoms with Crippen molar-refractivity contribution in [2.75, 3.05) is 13.1 Å². The van der Waals surface area contributed by atoms with Crippen LogP contribution in [0, 0.1) is 26.7 Å². The molecule has 2 aromatic carbocycles. The third-order valence-electron chi connectivity index (χ3n) is 10.7. The zero-order chi connectivity index (χ0) is 34.3. The van der Waals surface area contributed by atoms with Crippen molar-refractivity contribution in [3.05, 3.63) is 101 Å². The van der Waals surface area contributed by atoms with E-state index in [0.717, 1.165) is 43.8 Å². The second-order valence-electron chi connectivity index (χ2n) is 14.1. The Labute approximate surface area is 292 Å². The van der Waals surface area contributed by atoms with E-state index in [9.17, 15) is 0 Å². The van der Waals surface area contributed by atoms with E-state index in [1.807, 2.05) is 18.1 Å². The van der Waals surface area contributed by atoms with Gasteiger partial charge in [0.05, 0.1) is 6.04 Å². The number of hydrogen-bond acceptors (Lipinski definition) is 5. The quantitative estimate of drug-likeness (QED) is 0.105. The third kappa shape index (κ3) is 9.20. The van der Waals surface area contributed by atoms with E-state index < -0.39 is 9.39 Å². The number of benzene rings is 2. The maximum absolute atomic E-state index is 4.65. The van der Waals surface area contributed by atoms with Crippen molar-refractivity contribution in [1.82, 2.24) is 19.2 Å². The van der Waals surface area contributed by atoms with Gasteiger partial charge < -0.3 is 10.2 Å². The van der Waals surface area contributed by atoms with Crippen LogP contribution < -0.4 is 10.0 Å². The van der Waals surface area contributed by atoms with Crippen LogP contribution in [0.3, 0.4) is 0 Å². The summed E-state index contributed by atoms with van der Waals surface area (Å²) < 4.78 is 6.37. The lowest BCUT2D eigenvalue weighted by Crippen LogP contribution is -2.46. The number of nitrogens with zero attached hydrogens (tertiary/aromatic N) is 2. The van der Waals surface area contributed by atoms with Gasteiger partial charge in [-0.2, -0.15) is 9.39 Å². The molecule has 4 rings (SSSR count). The molecule has 3 unspecified atom stereocenters. The minimum atomic E-state index is -1.45. The molecule has 4 nitrogen and oxygen atoms in total. The molecule has 0 aromatic heterocycles. The van der Waals surface area contributed by atoms with Crippen molar-refractivity contribution in [3.8, 4) is 0 Å². The number of nitrogens with one attached hydrogen (secondary N) is 2. The predicted octanol–water partition coefficient (Wildman–Crippen LogP) is 9.46. The second-order valence-corrected chi connectivity index (χ2v) is 17.7. The maximum atomic E-state index is 4.65. The van der Waals surface area contributed by atoms with Gasteiger partial charge in [0.2, 0.25) is 0 Å². The molecule has 1 saturated heterocycles. The Balaban J connectivity index is 1.33. The topological polar surface area (TPSA) is 30.5 Å². The van der Waals surface area contributed by atoms with Crippen molar-refractivity contribution < 1.29 is 0 Å². The van der Waals surface area contributed by atoms with Crippen LogP contribution in [0.15, 0.2) is 78.5 Å². The van der Waals surface area contributed by atoms with Gasteiger partial charge in [0.15, 0.2) is 0 Å². The molecule has 1 heterocycles.